The topological polar surface area (TPSA) is 38.0 Å². The Labute approximate surface area is 66.4 Å². The Morgan fingerprint density at radius 1 is 1.50 bits per heavy atom. The highest BCUT2D eigenvalue weighted by atomic mass is 19.4. The van der Waals surface area contributed by atoms with E-state index in [2.05, 4.69) is 5.10 Å². The maximum atomic E-state index is 11.9. The zero-order valence-electron chi connectivity index (χ0n) is 6.04. The van der Waals surface area contributed by atoms with Gasteiger partial charge >= 0.3 is 6.18 Å². The lowest BCUT2D eigenvalue weighted by atomic mass is 10.4. The van der Waals surface area contributed by atoms with E-state index in [-0.39, 0.29) is 13.2 Å². The second-order valence-corrected chi connectivity index (χ2v) is 2.21. The van der Waals surface area contributed by atoms with Gasteiger partial charge in [0.15, 0.2) is 0 Å². The van der Waals surface area contributed by atoms with Crippen LogP contribution < -0.4 is 0 Å². The Morgan fingerprint density at radius 2 is 2.17 bits per heavy atom. The first-order valence-corrected chi connectivity index (χ1v) is 3.24. The van der Waals surface area contributed by atoms with Crippen LogP contribution in [0.4, 0.5) is 13.2 Å². The third-order valence-electron chi connectivity index (χ3n) is 1.29. The van der Waals surface area contributed by atoms with Crippen LogP contribution in [-0.2, 0) is 12.7 Å². The highest BCUT2D eigenvalue weighted by Gasteiger charge is 2.31. The van der Waals surface area contributed by atoms with Crippen LogP contribution in [0.5, 0.6) is 0 Å². The quantitative estimate of drug-likeness (QED) is 0.734. The fourth-order valence-electron chi connectivity index (χ4n) is 0.735. The van der Waals surface area contributed by atoms with Crippen molar-refractivity contribution in [3.8, 4) is 0 Å². The van der Waals surface area contributed by atoms with Crippen molar-refractivity contribution in [2.24, 2.45) is 0 Å². The monoisotopic (exact) mass is 180 g/mol. The largest absolute Gasteiger partial charge is 0.419 e. The van der Waals surface area contributed by atoms with Gasteiger partial charge in [-0.1, -0.05) is 0 Å². The van der Waals surface area contributed by atoms with Crippen molar-refractivity contribution >= 4 is 0 Å². The number of rotatable bonds is 2. The van der Waals surface area contributed by atoms with E-state index in [9.17, 15) is 13.2 Å². The third kappa shape index (κ3) is 1.97. The molecule has 0 atom stereocenters. The molecule has 0 spiro atoms. The first kappa shape index (κ1) is 9.05. The summed E-state index contributed by atoms with van der Waals surface area (Å²) in [5, 5.41) is 11.8. The normalized spacial score (nSPS) is 12.0. The smallest absolute Gasteiger partial charge is 0.394 e. The summed E-state index contributed by atoms with van der Waals surface area (Å²) in [7, 11) is 0. The van der Waals surface area contributed by atoms with E-state index in [0.717, 1.165) is 17.1 Å². The van der Waals surface area contributed by atoms with Gasteiger partial charge in [0.05, 0.1) is 24.9 Å². The van der Waals surface area contributed by atoms with Crippen molar-refractivity contribution in [2.75, 3.05) is 6.61 Å². The zero-order chi connectivity index (χ0) is 9.19. The van der Waals surface area contributed by atoms with Crippen molar-refractivity contribution in [1.82, 2.24) is 9.78 Å². The SMILES string of the molecule is OCCn1cc(C(F)(F)F)cn1. The van der Waals surface area contributed by atoms with Gasteiger partial charge in [-0.15, -0.1) is 0 Å². The minimum Gasteiger partial charge on any atom is -0.394 e. The highest BCUT2D eigenvalue weighted by molar-refractivity contribution is 5.08. The van der Waals surface area contributed by atoms with Crippen LogP contribution in [0.2, 0.25) is 0 Å². The van der Waals surface area contributed by atoms with E-state index in [1.807, 2.05) is 0 Å². The van der Waals surface area contributed by atoms with Crippen LogP contribution in [0.15, 0.2) is 12.4 Å². The molecule has 0 aliphatic rings. The summed E-state index contributed by atoms with van der Waals surface area (Å²) in [6.45, 7) is -0.144. The molecule has 0 saturated carbocycles. The van der Waals surface area contributed by atoms with Gasteiger partial charge in [-0.3, -0.25) is 4.68 Å². The minimum atomic E-state index is -4.35. The molecule has 1 aromatic rings. The van der Waals surface area contributed by atoms with Gasteiger partial charge in [0.25, 0.3) is 0 Å². The van der Waals surface area contributed by atoms with Crippen molar-refractivity contribution in [3.63, 3.8) is 0 Å². The average molecular weight is 180 g/mol. The molecule has 0 aliphatic carbocycles. The van der Waals surface area contributed by atoms with Crippen LogP contribution >= 0.6 is 0 Å². The minimum absolute atomic E-state index is 0.0794. The van der Waals surface area contributed by atoms with Crippen LogP contribution in [-0.4, -0.2) is 21.5 Å². The van der Waals surface area contributed by atoms with Crippen molar-refractivity contribution in [1.29, 1.82) is 0 Å². The van der Waals surface area contributed by atoms with Crippen molar-refractivity contribution in [2.45, 2.75) is 12.7 Å². The Bertz CT molecular complexity index is 256. The van der Waals surface area contributed by atoms with Crippen LogP contribution in [0.1, 0.15) is 5.56 Å². The summed E-state index contributed by atoms with van der Waals surface area (Å²) < 4.78 is 36.8. The van der Waals surface area contributed by atoms with Gasteiger partial charge in [-0.05, 0) is 0 Å². The van der Waals surface area contributed by atoms with Gasteiger partial charge in [0, 0.05) is 6.20 Å². The maximum Gasteiger partial charge on any atom is 0.419 e. The first-order chi connectivity index (χ1) is 5.54. The molecule has 0 bridgehead atoms. The number of hydrogen-bond acceptors (Lipinski definition) is 2. The van der Waals surface area contributed by atoms with E-state index in [1.165, 1.54) is 0 Å². The molecule has 1 heterocycles. The van der Waals surface area contributed by atoms with Gasteiger partial charge in [0.1, 0.15) is 0 Å². The molecule has 0 radical (unpaired) electrons. The first-order valence-electron chi connectivity index (χ1n) is 3.24. The number of aromatic nitrogens is 2. The predicted octanol–water partition coefficient (Wildman–Crippen LogP) is 0.894. The third-order valence-corrected chi connectivity index (χ3v) is 1.29. The predicted molar refractivity (Wildman–Crippen MR) is 34.3 cm³/mol. The average Bonchev–Trinajstić information content (AvgIpc) is 2.35. The molecule has 6 heteroatoms. The van der Waals surface area contributed by atoms with Crippen LogP contribution in [0.25, 0.3) is 0 Å². The van der Waals surface area contributed by atoms with E-state index < -0.39 is 11.7 Å². The van der Waals surface area contributed by atoms with E-state index in [4.69, 9.17) is 5.11 Å². The van der Waals surface area contributed by atoms with Gasteiger partial charge in [-0.2, -0.15) is 18.3 Å². The Hall–Kier alpha value is -1.04. The second-order valence-electron chi connectivity index (χ2n) is 2.21. The molecular formula is C6H7F3N2O. The lowest BCUT2D eigenvalue weighted by molar-refractivity contribution is -0.137. The zero-order valence-corrected chi connectivity index (χ0v) is 6.04. The number of aliphatic hydroxyl groups is 1. The maximum absolute atomic E-state index is 11.9. The molecule has 0 aromatic carbocycles. The van der Waals surface area contributed by atoms with Gasteiger partial charge in [-0.25, -0.2) is 0 Å². The summed E-state index contributed by atoms with van der Waals surface area (Å²) in [4.78, 5) is 0. The van der Waals surface area contributed by atoms with Gasteiger partial charge in [0.2, 0.25) is 0 Å². The molecule has 0 amide bonds. The molecular weight excluding hydrogens is 173 g/mol. The summed E-state index contributed by atoms with van der Waals surface area (Å²) in [5.74, 6) is 0. The lowest BCUT2D eigenvalue weighted by Crippen LogP contribution is -2.04. The van der Waals surface area contributed by atoms with Crippen molar-refractivity contribution < 1.29 is 18.3 Å². The summed E-state index contributed by atoms with van der Waals surface area (Å²) >= 11 is 0. The molecule has 1 rings (SSSR count). The Balaban J connectivity index is 2.77. The van der Waals surface area contributed by atoms with E-state index in [0.29, 0.717) is 0 Å². The summed E-state index contributed by atoms with van der Waals surface area (Å²) in [6, 6.07) is 0. The molecule has 3 nitrogen and oxygen atoms in total. The van der Waals surface area contributed by atoms with E-state index >= 15 is 0 Å². The molecule has 12 heavy (non-hydrogen) atoms. The Morgan fingerprint density at radius 3 is 2.58 bits per heavy atom. The Kier molecular flexibility index (Phi) is 2.37. The van der Waals surface area contributed by atoms with Gasteiger partial charge < -0.3 is 5.11 Å². The molecule has 0 fully saturated rings. The standard InChI is InChI=1S/C6H7F3N2O/c7-6(8,9)5-3-10-11(4-5)1-2-12/h3-4,12H,1-2H2. The molecule has 0 unspecified atom stereocenters. The van der Waals surface area contributed by atoms with Crippen molar-refractivity contribution in [3.05, 3.63) is 18.0 Å². The number of halogens is 3. The number of aliphatic hydroxyl groups excluding tert-OH is 1. The number of nitrogens with zero attached hydrogens (tertiary/aromatic N) is 2. The summed E-state index contributed by atoms with van der Waals surface area (Å²) in [6.07, 6.45) is -2.76. The molecule has 0 saturated heterocycles. The van der Waals surface area contributed by atoms with E-state index in [1.54, 1.807) is 0 Å². The number of alkyl halides is 3. The fraction of sp³-hybridized carbons (Fsp3) is 0.500. The molecule has 1 aromatic heterocycles. The van der Waals surface area contributed by atoms with Crippen LogP contribution in [0, 0.1) is 0 Å². The highest BCUT2D eigenvalue weighted by Crippen LogP contribution is 2.28. The molecule has 1 N–H and O–H groups in total. The lowest BCUT2D eigenvalue weighted by Gasteiger charge is -2.00. The molecule has 0 aliphatic heterocycles. The second kappa shape index (κ2) is 3.14. The summed E-state index contributed by atoms with van der Waals surface area (Å²) in [5.41, 5.74) is -0.795. The number of hydrogen-bond donors (Lipinski definition) is 1. The van der Waals surface area contributed by atoms with Crippen LogP contribution in [0.3, 0.4) is 0 Å². The molecule has 68 valence electrons. The fourth-order valence-corrected chi connectivity index (χ4v) is 0.735.